The molecule has 4 unspecified atom stereocenters. The predicted molar refractivity (Wildman–Crippen MR) is 223 cm³/mol. The number of carbonyl (C=O) groups excluding carboxylic acids is 3. The number of unbranched alkanes of at least 4 members (excludes halogenated alkanes) is 9. The molecule has 1 aromatic heterocycles. The van der Waals surface area contributed by atoms with E-state index in [1.807, 2.05) is 27.7 Å². The van der Waals surface area contributed by atoms with Gasteiger partial charge in [-0.2, -0.15) is 0 Å². The molecule has 58 heavy (non-hydrogen) atoms. The smallest absolute Gasteiger partial charge is 0.407 e. The molecule has 0 aromatic carbocycles. The van der Waals surface area contributed by atoms with Gasteiger partial charge in [-0.05, 0) is 93.9 Å². The lowest BCUT2D eigenvalue weighted by Crippen LogP contribution is -2.54. The van der Waals surface area contributed by atoms with Gasteiger partial charge in [0.2, 0.25) is 0 Å². The summed E-state index contributed by atoms with van der Waals surface area (Å²) in [5, 5.41) is 8.36. The molecule has 0 aliphatic carbocycles. The van der Waals surface area contributed by atoms with Crippen molar-refractivity contribution in [3.63, 3.8) is 0 Å². The van der Waals surface area contributed by atoms with Gasteiger partial charge in [0.1, 0.15) is 11.2 Å². The maximum Gasteiger partial charge on any atom is 0.407 e. The number of nitrogens with zero attached hydrogens (tertiary/aromatic N) is 5. The molecule has 3 rings (SSSR count). The van der Waals surface area contributed by atoms with Crippen LogP contribution in [0.2, 0.25) is 0 Å². The maximum absolute atomic E-state index is 13.6. The fourth-order valence-electron chi connectivity index (χ4n) is 6.97. The highest BCUT2D eigenvalue weighted by atomic mass is 16.6. The van der Waals surface area contributed by atoms with E-state index in [0.717, 1.165) is 70.9 Å². The number of nitrogens with one attached hydrogen (secondary N) is 3. The number of hydrogen-bond acceptors (Lipinski definition) is 11. The van der Waals surface area contributed by atoms with E-state index in [2.05, 4.69) is 39.6 Å². The molecule has 3 amide bonds. The number of rotatable bonds is 28. The van der Waals surface area contributed by atoms with Gasteiger partial charge in [0.15, 0.2) is 0 Å². The van der Waals surface area contributed by atoms with Crippen molar-refractivity contribution < 1.29 is 28.6 Å². The van der Waals surface area contributed by atoms with Crippen LogP contribution in [0.25, 0.3) is 0 Å². The first kappa shape index (κ1) is 48.5. The van der Waals surface area contributed by atoms with Crippen LogP contribution in [0.3, 0.4) is 0 Å². The molecule has 3 heterocycles. The van der Waals surface area contributed by atoms with Crippen LogP contribution >= 0.6 is 0 Å². The Balaban J connectivity index is 1.47. The zero-order chi connectivity index (χ0) is 42.9. The number of amides is 3. The standard InChI is InChI=1S/C41H74N8O9/c1-31(2)56-34(50)42-21-15-9-12-18-24-47-37(53)48(25-19-13-10-16-22-43-35(51)57-40(5,6)29-45-27-32(45)3)39(55)49(38(47)54)26-20-14-11-17-23-44-36(52)58-41(7,8)30-46-28-33(46)4/h31-33H,9-30H2,1-8H3,(H,42,50)(H,43,51)(H,44,52). The highest BCUT2D eigenvalue weighted by molar-refractivity contribution is 5.68. The van der Waals surface area contributed by atoms with Gasteiger partial charge in [-0.15, -0.1) is 0 Å². The summed E-state index contributed by atoms with van der Waals surface area (Å²) in [5.41, 5.74) is -2.95. The molecule has 1 aromatic rings. The molecule has 0 bridgehead atoms. The molecule has 2 aliphatic heterocycles. The molecule has 2 aliphatic rings. The first-order valence-electron chi connectivity index (χ1n) is 21.7. The van der Waals surface area contributed by atoms with E-state index >= 15 is 0 Å². The van der Waals surface area contributed by atoms with Gasteiger partial charge in [0.25, 0.3) is 0 Å². The minimum Gasteiger partial charge on any atom is -0.447 e. The highest BCUT2D eigenvalue weighted by Gasteiger charge is 2.37. The van der Waals surface area contributed by atoms with E-state index in [9.17, 15) is 28.8 Å². The van der Waals surface area contributed by atoms with Crippen molar-refractivity contribution in [2.24, 2.45) is 0 Å². The molecular weight excluding hydrogens is 748 g/mol. The second-order valence-corrected chi connectivity index (χ2v) is 17.6. The van der Waals surface area contributed by atoms with Crippen LogP contribution in [0.5, 0.6) is 0 Å². The first-order valence-corrected chi connectivity index (χ1v) is 21.7. The summed E-state index contributed by atoms with van der Waals surface area (Å²) in [6.45, 7) is 20.8. The predicted octanol–water partition coefficient (Wildman–Crippen LogP) is 4.41. The molecule has 2 saturated heterocycles. The average Bonchev–Trinajstić information content (AvgIpc) is 4.01. The topological polar surface area (TPSA) is 187 Å². The second kappa shape index (κ2) is 23.7. The maximum atomic E-state index is 13.6. The Hall–Kier alpha value is -3.86. The minimum absolute atomic E-state index is 0.185. The van der Waals surface area contributed by atoms with E-state index < -0.39 is 46.6 Å². The van der Waals surface area contributed by atoms with Crippen molar-refractivity contribution in [2.75, 3.05) is 45.8 Å². The van der Waals surface area contributed by atoms with Crippen LogP contribution in [-0.4, -0.2) is 117 Å². The first-order chi connectivity index (χ1) is 27.4. The quantitative estimate of drug-likeness (QED) is 0.0618. The summed E-state index contributed by atoms with van der Waals surface area (Å²) in [6, 6.07) is 1.06. The van der Waals surface area contributed by atoms with E-state index in [1.54, 1.807) is 13.8 Å². The van der Waals surface area contributed by atoms with Crippen molar-refractivity contribution in [1.29, 1.82) is 0 Å². The molecule has 0 radical (unpaired) electrons. The van der Waals surface area contributed by atoms with Crippen LogP contribution in [0.4, 0.5) is 14.4 Å². The lowest BCUT2D eigenvalue weighted by Gasteiger charge is -2.25. The highest BCUT2D eigenvalue weighted by Crippen LogP contribution is 2.23. The SMILES string of the molecule is CC(C)OC(=O)NCCCCCCn1c(=O)n(CCCCCCNC(=O)OC(C)(C)CN2CC2C)c(=O)n(CCCCCCNC(=O)OC(C)(C)CN2CC2C)c1=O. The van der Waals surface area contributed by atoms with Crippen molar-refractivity contribution in [2.45, 2.75) is 181 Å². The van der Waals surface area contributed by atoms with E-state index in [1.165, 1.54) is 13.7 Å². The van der Waals surface area contributed by atoms with Gasteiger partial charge in [0.05, 0.1) is 6.10 Å². The number of ether oxygens (including phenoxy) is 3. The second-order valence-electron chi connectivity index (χ2n) is 17.6. The molecular formula is C41H74N8O9. The van der Waals surface area contributed by atoms with E-state index in [0.29, 0.717) is 64.1 Å². The third kappa shape index (κ3) is 18.4. The van der Waals surface area contributed by atoms with Gasteiger partial charge < -0.3 is 30.2 Å². The van der Waals surface area contributed by atoms with Gasteiger partial charge in [-0.1, -0.05) is 38.5 Å². The van der Waals surface area contributed by atoms with Gasteiger partial charge >= 0.3 is 35.3 Å². The third-order valence-corrected chi connectivity index (χ3v) is 10.3. The van der Waals surface area contributed by atoms with E-state index in [4.69, 9.17) is 14.2 Å². The lowest BCUT2D eigenvalue weighted by molar-refractivity contribution is 0.0271. The Morgan fingerprint density at radius 3 is 1.14 bits per heavy atom. The van der Waals surface area contributed by atoms with Crippen LogP contribution in [0.15, 0.2) is 14.4 Å². The molecule has 3 N–H and O–H groups in total. The molecule has 2 fully saturated rings. The summed E-state index contributed by atoms with van der Waals surface area (Å²) in [6.07, 6.45) is 6.89. The Labute approximate surface area is 344 Å². The van der Waals surface area contributed by atoms with Crippen LogP contribution in [-0.2, 0) is 33.8 Å². The van der Waals surface area contributed by atoms with E-state index in [-0.39, 0.29) is 25.7 Å². The monoisotopic (exact) mass is 823 g/mol. The Bertz CT molecular complexity index is 1540. The molecule has 0 saturated carbocycles. The normalized spacial score (nSPS) is 18.8. The van der Waals surface area contributed by atoms with Gasteiger partial charge in [-0.25, -0.2) is 42.5 Å². The number of hydrogen-bond donors (Lipinski definition) is 3. The largest absolute Gasteiger partial charge is 0.447 e. The Morgan fingerprint density at radius 2 is 0.845 bits per heavy atom. The molecule has 332 valence electrons. The average molecular weight is 823 g/mol. The molecule has 17 heteroatoms. The zero-order valence-corrected chi connectivity index (χ0v) is 36.7. The summed E-state index contributed by atoms with van der Waals surface area (Å²) in [4.78, 5) is 81.5. The summed E-state index contributed by atoms with van der Waals surface area (Å²) < 4.78 is 19.8. The van der Waals surface area contributed by atoms with Crippen LogP contribution < -0.4 is 33.0 Å². The summed E-state index contributed by atoms with van der Waals surface area (Å²) >= 11 is 0. The molecule has 0 spiro atoms. The zero-order valence-electron chi connectivity index (χ0n) is 36.7. The minimum atomic E-state index is -0.599. The van der Waals surface area contributed by atoms with Crippen molar-refractivity contribution in [3.05, 3.63) is 31.5 Å². The van der Waals surface area contributed by atoms with Crippen molar-refractivity contribution in [1.82, 2.24) is 39.5 Å². The van der Waals surface area contributed by atoms with Crippen LogP contribution in [0.1, 0.15) is 132 Å². The lowest BCUT2D eigenvalue weighted by atomic mass is 10.1. The molecule has 17 nitrogen and oxygen atoms in total. The Kier molecular flexibility index (Phi) is 19.8. The van der Waals surface area contributed by atoms with Gasteiger partial charge in [-0.3, -0.25) is 9.80 Å². The van der Waals surface area contributed by atoms with Gasteiger partial charge in [0, 0.05) is 77.5 Å². The summed E-state index contributed by atoms with van der Waals surface area (Å²) in [7, 11) is 0. The van der Waals surface area contributed by atoms with Crippen molar-refractivity contribution >= 4 is 18.3 Å². The number of carbonyl (C=O) groups is 3. The number of aromatic nitrogens is 3. The Morgan fingerprint density at radius 1 is 0.552 bits per heavy atom. The van der Waals surface area contributed by atoms with Crippen molar-refractivity contribution in [3.8, 4) is 0 Å². The third-order valence-electron chi connectivity index (χ3n) is 10.3. The van der Waals surface area contributed by atoms with Crippen LogP contribution in [0, 0.1) is 0 Å². The summed E-state index contributed by atoms with van der Waals surface area (Å²) in [5.74, 6) is 0. The fourth-order valence-corrected chi connectivity index (χ4v) is 6.97. The fraction of sp³-hybridized carbons (Fsp3) is 0.854. The molecule has 4 atom stereocenters. The number of alkyl carbamates (subject to hydrolysis) is 3.